The van der Waals surface area contributed by atoms with Crippen LogP contribution in [0.5, 0.6) is 5.75 Å². The van der Waals surface area contributed by atoms with Gasteiger partial charge in [-0.3, -0.25) is 4.72 Å². The van der Waals surface area contributed by atoms with Crippen molar-refractivity contribution in [1.29, 1.82) is 0 Å². The Morgan fingerprint density at radius 1 is 1.48 bits per heavy atom. The van der Waals surface area contributed by atoms with Gasteiger partial charge in [0.25, 0.3) is 0 Å². The zero-order valence-electron chi connectivity index (χ0n) is 11.8. The molecule has 1 heterocycles. The second-order valence-electron chi connectivity index (χ2n) is 4.72. The number of nitrogens with zero attached hydrogens (tertiary/aromatic N) is 1. The molecule has 0 fully saturated rings. The van der Waals surface area contributed by atoms with E-state index in [2.05, 4.69) is 9.71 Å². The number of hydrogen-bond donors (Lipinski definition) is 1. The molecule has 0 saturated carbocycles. The van der Waals surface area contributed by atoms with Gasteiger partial charge >= 0.3 is 0 Å². The van der Waals surface area contributed by atoms with Crippen molar-refractivity contribution in [2.75, 3.05) is 23.0 Å². The molecular weight excluding hydrogens is 332 g/mol. The van der Waals surface area contributed by atoms with Crippen LogP contribution in [0.2, 0.25) is 0 Å². The molecule has 0 radical (unpaired) electrons. The summed E-state index contributed by atoms with van der Waals surface area (Å²) in [5.74, 6) is 0.927. The van der Waals surface area contributed by atoms with E-state index < -0.39 is 10.0 Å². The standard InChI is InChI=1S/C13H17ClN2O3S2/c1-3-19-10-4-5-11-12(6-10)20-13(15-11)16-21(17,18)8-9(2)7-14/h4-6,9H,3,7-8H2,1-2H3,(H,15,16). The van der Waals surface area contributed by atoms with Gasteiger partial charge in [0.1, 0.15) is 5.75 Å². The lowest BCUT2D eigenvalue weighted by molar-refractivity contribution is 0.341. The zero-order chi connectivity index (χ0) is 15.5. The number of benzene rings is 1. The first kappa shape index (κ1) is 16.3. The molecule has 0 saturated heterocycles. The smallest absolute Gasteiger partial charge is 0.234 e. The second-order valence-corrected chi connectivity index (χ2v) is 7.83. The lowest BCUT2D eigenvalue weighted by Crippen LogP contribution is -2.21. The molecule has 0 bridgehead atoms. The molecule has 5 nitrogen and oxygen atoms in total. The molecule has 116 valence electrons. The van der Waals surface area contributed by atoms with Gasteiger partial charge in [-0.05, 0) is 31.0 Å². The average molecular weight is 349 g/mol. The molecular formula is C13H17ClN2O3S2. The number of rotatable bonds is 7. The van der Waals surface area contributed by atoms with Gasteiger partial charge in [0.2, 0.25) is 10.0 Å². The van der Waals surface area contributed by atoms with Crippen LogP contribution in [0.3, 0.4) is 0 Å². The quantitative estimate of drug-likeness (QED) is 0.779. The first-order valence-corrected chi connectivity index (χ1v) is 9.53. The Hall–Kier alpha value is -1.05. The van der Waals surface area contributed by atoms with E-state index in [-0.39, 0.29) is 11.7 Å². The van der Waals surface area contributed by atoms with Crippen LogP contribution in [0.4, 0.5) is 5.13 Å². The monoisotopic (exact) mass is 348 g/mol. The number of anilines is 1. The summed E-state index contributed by atoms with van der Waals surface area (Å²) in [4.78, 5) is 4.27. The van der Waals surface area contributed by atoms with Gasteiger partial charge < -0.3 is 4.74 Å². The minimum absolute atomic E-state index is 0.0172. The fraction of sp³-hybridized carbons (Fsp3) is 0.462. The number of alkyl halides is 1. The maximum atomic E-state index is 12.0. The lowest BCUT2D eigenvalue weighted by atomic mass is 10.3. The molecule has 2 aromatic rings. The highest BCUT2D eigenvalue weighted by atomic mass is 35.5. The third-order valence-corrected chi connectivity index (χ3v) is 5.78. The largest absolute Gasteiger partial charge is 0.494 e. The molecule has 2 rings (SSSR count). The van der Waals surface area contributed by atoms with Crippen LogP contribution in [-0.4, -0.2) is 31.6 Å². The van der Waals surface area contributed by atoms with E-state index in [4.69, 9.17) is 16.3 Å². The molecule has 1 unspecified atom stereocenters. The molecule has 0 amide bonds. The third-order valence-electron chi connectivity index (χ3n) is 2.68. The summed E-state index contributed by atoms with van der Waals surface area (Å²) in [5.41, 5.74) is 0.742. The molecule has 1 aromatic carbocycles. The molecule has 0 spiro atoms. The average Bonchev–Trinajstić information content (AvgIpc) is 2.78. The number of ether oxygens (including phenoxy) is 1. The first-order chi connectivity index (χ1) is 9.93. The summed E-state index contributed by atoms with van der Waals surface area (Å²) in [6, 6.07) is 5.49. The van der Waals surface area contributed by atoms with E-state index in [1.54, 1.807) is 6.92 Å². The number of thiazole rings is 1. The highest BCUT2D eigenvalue weighted by Crippen LogP contribution is 2.30. The van der Waals surface area contributed by atoms with Gasteiger partial charge in [-0.15, -0.1) is 11.6 Å². The Morgan fingerprint density at radius 3 is 2.90 bits per heavy atom. The van der Waals surface area contributed by atoms with Crippen LogP contribution in [0.25, 0.3) is 10.2 Å². The number of hydrogen-bond acceptors (Lipinski definition) is 5. The SMILES string of the molecule is CCOc1ccc2nc(NS(=O)(=O)CC(C)CCl)sc2c1. The Balaban J connectivity index is 2.19. The van der Waals surface area contributed by atoms with Crippen molar-refractivity contribution in [2.45, 2.75) is 13.8 Å². The maximum absolute atomic E-state index is 12.0. The number of aromatic nitrogens is 1. The summed E-state index contributed by atoms with van der Waals surface area (Å²) in [7, 11) is -3.43. The summed E-state index contributed by atoms with van der Waals surface area (Å²) in [5, 5.41) is 0.362. The van der Waals surface area contributed by atoms with E-state index in [0.29, 0.717) is 17.6 Å². The fourth-order valence-electron chi connectivity index (χ4n) is 1.80. The normalized spacial score (nSPS) is 13.3. The topological polar surface area (TPSA) is 68.3 Å². The van der Waals surface area contributed by atoms with Crippen molar-refractivity contribution in [1.82, 2.24) is 4.98 Å². The fourth-order valence-corrected chi connectivity index (χ4v) is 4.59. The van der Waals surface area contributed by atoms with E-state index in [0.717, 1.165) is 16.0 Å². The molecule has 1 aromatic heterocycles. The van der Waals surface area contributed by atoms with Crippen LogP contribution in [0.15, 0.2) is 18.2 Å². The highest BCUT2D eigenvalue weighted by Gasteiger charge is 2.17. The number of fused-ring (bicyclic) bond motifs is 1. The number of sulfonamides is 1. The van der Waals surface area contributed by atoms with Gasteiger partial charge in [0.05, 0.1) is 22.6 Å². The van der Waals surface area contributed by atoms with Crippen LogP contribution in [0, 0.1) is 5.92 Å². The van der Waals surface area contributed by atoms with E-state index >= 15 is 0 Å². The van der Waals surface area contributed by atoms with E-state index in [1.165, 1.54) is 11.3 Å². The summed E-state index contributed by atoms with van der Waals surface area (Å²) in [6.45, 7) is 4.29. The Bertz CT molecular complexity index is 715. The first-order valence-electron chi connectivity index (χ1n) is 6.53. The van der Waals surface area contributed by atoms with E-state index in [1.807, 2.05) is 25.1 Å². The second kappa shape index (κ2) is 6.81. The van der Waals surface area contributed by atoms with Gasteiger partial charge in [-0.25, -0.2) is 13.4 Å². The Kier molecular flexibility index (Phi) is 5.29. The molecule has 21 heavy (non-hydrogen) atoms. The zero-order valence-corrected chi connectivity index (χ0v) is 14.2. The van der Waals surface area contributed by atoms with Crippen LogP contribution < -0.4 is 9.46 Å². The lowest BCUT2D eigenvalue weighted by Gasteiger charge is -2.08. The van der Waals surface area contributed by atoms with Crippen LogP contribution in [-0.2, 0) is 10.0 Å². The Labute approximate surface area is 133 Å². The van der Waals surface area contributed by atoms with E-state index in [9.17, 15) is 8.42 Å². The summed E-state index contributed by atoms with van der Waals surface area (Å²) in [6.07, 6.45) is 0. The maximum Gasteiger partial charge on any atom is 0.234 e. The van der Waals surface area contributed by atoms with Crippen molar-refractivity contribution in [3.05, 3.63) is 18.2 Å². The summed E-state index contributed by atoms with van der Waals surface area (Å²) < 4.78 is 32.8. The molecule has 1 atom stereocenters. The van der Waals surface area contributed by atoms with Crippen LogP contribution >= 0.6 is 22.9 Å². The highest BCUT2D eigenvalue weighted by molar-refractivity contribution is 7.92. The minimum Gasteiger partial charge on any atom is -0.494 e. The van der Waals surface area contributed by atoms with Crippen molar-refractivity contribution in [2.24, 2.45) is 5.92 Å². The Morgan fingerprint density at radius 2 is 2.24 bits per heavy atom. The third kappa shape index (κ3) is 4.46. The molecule has 8 heteroatoms. The molecule has 0 aliphatic heterocycles. The van der Waals surface area contributed by atoms with Crippen molar-refractivity contribution < 1.29 is 13.2 Å². The van der Waals surface area contributed by atoms with Crippen molar-refractivity contribution in [3.8, 4) is 5.75 Å². The van der Waals surface area contributed by atoms with Gasteiger partial charge in [0.15, 0.2) is 5.13 Å². The van der Waals surface area contributed by atoms with Gasteiger partial charge in [-0.2, -0.15) is 0 Å². The minimum atomic E-state index is -3.43. The number of nitrogens with one attached hydrogen (secondary N) is 1. The predicted octanol–water partition coefficient (Wildman–Crippen LogP) is 3.31. The van der Waals surface area contributed by atoms with Gasteiger partial charge in [0, 0.05) is 5.88 Å². The molecule has 0 aliphatic carbocycles. The van der Waals surface area contributed by atoms with Crippen molar-refractivity contribution >= 4 is 48.3 Å². The van der Waals surface area contributed by atoms with Crippen molar-refractivity contribution in [3.63, 3.8) is 0 Å². The van der Waals surface area contributed by atoms with Crippen LogP contribution in [0.1, 0.15) is 13.8 Å². The number of halogens is 1. The summed E-state index contributed by atoms with van der Waals surface area (Å²) >= 11 is 6.94. The van der Waals surface area contributed by atoms with Gasteiger partial charge in [-0.1, -0.05) is 18.3 Å². The molecule has 0 aliphatic rings. The predicted molar refractivity (Wildman–Crippen MR) is 88.1 cm³/mol. The molecule has 1 N–H and O–H groups in total.